The molecule has 6 heterocycles. The third kappa shape index (κ3) is 6.94. The van der Waals surface area contributed by atoms with Gasteiger partial charge in [-0.15, -0.1) is 0 Å². The van der Waals surface area contributed by atoms with Crippen molar-refractivity contribution < 1.29 is 19.2 Å². The van der Waals surface area contributed by atoms with E-state index in [-0.39, 0.29) is 30.2 Å². The molecule has 0 radical (unpaired) electrons. The maximum atomic E-state index is 13.0. The van der Waals surface area contributed by atoms with Gasteiger partial charge < -0.3 is 20.0 Å². The topological polar surface area (TPSA) is 158 Å². The van der Waals surface area contributed by atoms with Crippen molar-refractivity contribution in [2.24, 2.45) is 0 Å². The molecule has 4 amide bonds. The minimum atomic E-state index is -0.614. The summed E-state index contributed by atoms with van der Waals surface area (Å²) in [4.78, 5) is 65.4. The standard InChI is InChI=1S/C38H44N10O4/c49-34-11-10-33(37(51)44-34)47-22-25-19-27(8-9-29(25)38(47)52)40-14-3-1-2-7-35(50)45-16-12-28(13-17-45)48-23-26(20-42-48)31-21-41-30-5-4-6-32(36(30)43-31)46-18-15-39-24-46/h4-6,8-9,19-21,23,28,33,39-40H,1-3,7,10-18,22,24H2,(H,44,49,51). The monoisotopic (exact) mass is 704 g/mol. The molecule has 0 saturated carbocycles. The van der Waals surface area contributed by atoms with Gasteiger partial charge in [-0.25, -0.2) is 4.98 Å². The van der Waals surface area contributed by atoms with Crippen LogP contribution in [0.1, 0.15) is 73.3 Å². The van der Waals surface area contributed by atoms with E-state index in [1.165, 1.54) is 0 Å². The summed E-state index contributed by atoms with van der Waals surface area (Å²) < 4.78 is 2.03. The van der Waals surface area contributed by atoms with Crippen LogP contribution in [-0.2, 0) is 20.9 Å². The van der Waals surface area contributed by atoms with Gasteiger partial charge in [0.1, 0.15) is 11.6 Å². The van der Waals surface area contributed by atoms with Crippen LogP contribution in [0.3, 0.4) is 0 Å². The first-order chi connectivity index (χ1) is 25.4. The summed E-state index contributed by atoms with van der Waals surface area (Å²) in [6.45, 7) is 5.29. The van der Waals surface area contributed by atoms with E-state index in [0.29, 0.717) is 24.9 Å². The minimum Gasteiger partial charge on any atom is -0.385 e. The molecule has 270 valence electrons. The van der Waals surface area contributed by atoms with Gasteiger partial charge in [-0.2, -0.15) is 5.10 Å². The Hall–Kier alpha value is -5.37. The fourth-order valence-corrected chi connectivity index (χ4v) is 7.83. The Morgan fingerprint density at radius 1 is 0.981 bits per heavy atom. The summed E-state index contributed by atoms with van der Waals surface area (Å²) in [7, 11) is 0. The van der Waals surface area contributed by atoms with Crippen LogP contribution < -0.4 is 20.9 Å². The summed E-state index contributed by atoms with van der Waals surface area (Å²) in [5.74, 6) is -0.648. The van der Waals surface area contributed by atoms with Crippen LogP contribution in [-0.4, -0.2) is 98.6 Å². The Morgan fingerprint density at radius 2 is 1.87 bits per heavy atom. The zero-order valence-corrected chi connectivity index (χ0v) is 29.2. The number of para-hydroxylation sites is 1. The number of anilines is 2. The average Bonchev–Trinajstić information content (AvgIpc) is 3.94. The Bertz CT molecular complexity index is 2000. The number of amides is 4. The molecular formula is C38H44N10O4. The van der Waals surface area contributed by atoms with Gasteiger partial charge in [0.15, 0.2) is 0 Å². The van der Waals surface area contributed by atoms with Crippen molar-refractivity contribution in [3.63, 3.8) is 0 Å². The Balaban J connectivity index is 0.760. The van der Waals surface area contributed by atoms with Gasteiger partial charge in [-0.1, -0.05) is 12.5 Å². The van der Waals surface area contributed by atoms with Gasteiger partial charge in [0, 0.05) is 75.1 Å². The van der Waals surface area contributed by atoms with E-state index < -0.39 is 11.9 Å². The third-order valence-electron chi connectivity index (χ3n) is 10.8. The number of likely N-dealkylation sites (tertiary alicyclic amines) is 1. The van der Waals surface area contributed by atoms with Crippen molar-refractivity contribution in [1.29, 1.82) is 0 Å². The van der Waals surface area contributed by atoms with Crippen LogP contribution in [0.2, 0.25) is 0 Å². The summed E-state index contributed by atoms with van der Waals surface area (Å²) in [6, 6.07) is 11.4. The summed E-state index contributed by atoms with van der Waals surface area (Å²) in [6.07, 6.45) is 11.3. The van der Waals surface area contributed by atoms with Gasteiger partial charge >= 0.3 is 0 Å². The van der Waals surface area contributed by atoms with Gasteiger partial charge in [0.2, 0.25) is 17.7 Å². The van der Waals surface area contributed by atoms with Crippen LogP contribution >= 0.6 is 0 Å². The number of carbonyl (C=O) groups excluding carboxylic acids is 4. The lowest BCUT2D eigenvalue weighted by Gasteiger charge is -2.32. The molecule has 4 aliphatic rings. The molecule has 2 aromatic carbocycles. The fourth-order valence-electron chi connectivity index (χ4n) is 7.83. The van der Waals surface area contributed by atoms with Crippen molar-refractivity contribution in [2.45, 2.75) is 70.0 Å². The summed E-state index contributed by atoms with van der Waals surface area (Å²) >= 11 is 0. The number of carbonyl (C=O) groups is 4. The maximum Gasteiger partial charge on any atom is 0.255 e. The first-order valence-corrected chi connectivity index (χ1v) is 18.5. The van der Waals surface area contributed by atoms with Crippen molar-refractivity contribution in [3.05, 3.63) is 66.1 Å². The second-order valence-electron chi connectivity index (χ2n) is 14.2. The first kappa shape index (κ1) is 33.8. The lowest BCUT2D eigenvalue weighted by atomic mass is 10.0. The Kier molecular flexibility index (Phi) is 9.54. The normalized spacial score (nSPS) is 19.4. The fraction of sp³-hybridized carbons (Fsp3) is 0.447. The van der Waals surface area contributed by atoms with E-state index in [1.54, 1.807) is 11.0 Å². The van der Waals surface area contributed by atoms with Crippen molar-refractivity contribution in [2.75, 3.05) is 49.6 Å². The molecule has 1 atom stereocenters. The predicted molar refractivity (Wildman–Crippen MR) is 195 cm³/mol. The van der Waals surface area contributed by atoms with Gasteiger partial charge in [-0.3, -0.25) is 39.5 Å². The van der Waals surface area contributed by atoms with E-state index in [0.717, 1.165) is 111 Å². The van der Waals surface area contributed by atoms with Gasteiger partial charge in [0.25, 0.3) is 5.91 Å². The number of fused-ring (bicyclic) bond motifs is 2. The van der Waals surface area contributed by atoms with Crippen molar-refractivity contribution in [1.82, 2.24) is 40.2 Å². The molecule has 3 N–H and O–H groups in total. The third-order valence-corrected chi connectivity index (χ3v) is 10.8. The maximum absolute atomic E-state index is 13.0. The molecule has 8 rings (SSSR count). The molecule has 3 saturated heterocycles. The predicted octanol–water partition coefficient (Wildman–Crippen LogP) is 3.46. The van der Waals surface area contributed by atoms with Crippen molar-refractivity contribution in [3.8, 4) is 11.3 Å². The van der Waals surface area contributed by atoms with E-state index in [2.05, 4.69) is 33.1 Å². The number of hydrogen-bond donors (Lipinski definition) is 3. The zero-order valence-electron chi connectivity index (χ0n) is 29.2. The molecule has 14 heteroatoms. The molecule has 0 spiro atoms. The molecule has 0 bridgehead atoms. The Morgan fingerprint density at radius 3 is 2.69 bits per heavy atom. The number of imide groups is 1. The highest BCUT2D eigenvalue weighted by Crippen LogP contribution is 2.31. The largest absolute Gasteiger partial charge is 0.385 e. The number of nitrogens with zero attached hydrogens (tertiary/aromatic N) is 7. The quantitative estimate of drug-likeness (QED) is 0.156. The lowest BCUT2D eigenvalue weighted by molar-refractivity contribution is -0.137. The highest BCUT2D eigenvalue weighted by molar-refractivity contribution is 6.05. The van der Waals surface area contributed by atoms with E-state index >= 15 is 0 Å². The average molecular weight is 705 g/mol. The number of unbranched alkanes of at least 4 members (excludes halogenated alkanes) is 2. The molecule has 4 aliphatic heterocycles. The van der Waals surface area contributed by atoms with Gasteiger partial charge in [0.05, 0.1) is 42.0 Å². The van der Waals surface area contributed by atoms with E-state index in [1.807, 2.05) is 46.2 Å². The smallest absolute Gasteiger partial charge is 0.255 e. The number of nitrogens with one attached hydrogen (secondary N) is 3. The minimum absolute atomic E-state index is 0.169. The highest BCUT2D eigenvalue weighted by Gasteiger charge is 2.39. The van der Waals surface area contributed by atoms with E-state index in [4.69, 9.17) is 15.1 Å². The molecule has 0 aliphatic carbocycles. The zero-order chi connectivity index (χ0) is 35.6. The van der Waals surface area contributed by atoms with Crippen LogP contribution in [0.4, 0.5) is 11.4 Å². The lowest BCUT2D eigenvalue weighted by Crippen LogP contribution is -2.52. The number of rotatable bonds is 11. The number of hydrogen-bond acceptors (Lipinski definition) is 10. The number of piperidine rings is 2. The van der Waals surface area contributed by atoms with E-state index in [9.17, 15) is 19.2 Å². The number of aromatic nitrogens is 4. The second-order valence-corrected chi connectivity index (χ2v) is 14.2. The molecular weight excluding hydrogens is 660 g/mol. The molecule has 52 heavy (non-hydrogen) atoms. The van der Waals surface area contributed by atoms with Crippen molar-refractivity contribution >= 4 is 46.0 Å². The molecule has 14 nitrogen and oxygen atoms in total. The van der Waals surface area contributed by atoms with Crippen LogP contribution in [0.15, 0.2) is 55.0 Å². The second kappa shape index (κ2) is 14.7. The van der Waals surface area contributed by atoms with Gasteiger partial charge in [-0.05, 0) is 68.0 Å². The highest BCUT2D eigenvalue weighted by atomic mass is 16.2. The van der Waals surface area contributed by atoms with Crippen LogP contribution in [0.25, 0.3) is 22.3 Å². The molecule has 2 aromatic heterocycles. The first-order valence-electron chi connectivity index (χ1n) is 18.5. The Labute approximate surface area is 301 Å². The summed E-state index contributed by atoms with van der Waals surface area (Å²) in [5, 5.41) is 13.9. The van der Waals surface area contributed by atoms with Crippen LogP contribution in [0.5, 0.6) is 0 Å². The summed E-state index contributed by atoms with van der Waals surface area (Å²) in [5.41, 5.74) is 7.04. The molecule has 4 aromatic rings. The number of benzene rings is 2. The SMILES string of the molecule is O=C1CCC(N2Cc3cc(NCCCCCC(=O)N4CCC(n5cc(-c6cnc7cccc(N8CCNC8)c7n6)cn5)CC4)ccc3C2=O)C(=O)N1. The van der Waals surface area contributed by atoms with Crippen LogP contribution in [0, 0.1) is 0 Å². The molecule has 1 unspecified atom stereocenters. The molecule has 3 fully saturated rings.